The van der Waals surface area contributed by atoms with E-state index < -0.39 is 4.92 Å². The van der Waals surface area contributed by atoms with E-state index >= 15 is 0 Å². The lowest BCUT2D eigenvalue weighted by atomic mass is 10.1. The van der Waals surface area contributed by atoms with Crippen molar-refractivity contribution in [3.05, 3.63) is 50.1 Å². The van der Waals surface area contributed by atoms with Gasteiger partial charge in [0.05, 0.1) is 22.5 Å². The molecule has 3 aromatic rings. The fraction of sp³-hybridized carbons (Fsp3) is 0.0714. The molecule has 0 radical (unpaired) electrons. The van der Waals surface area contributed by atoms with Crippen molar-refractivity contribution < 1.29 is 4.92 Å². The molecule has 2 aromatic heterocycles. The normalized spacial score (nSPS) is 11.3. The maximum Gasteiger partial charge on any atom is 0.288 e. The van der Waals surface area contributed by atoms with Crippen LogP contribution in [0.4, 0.5) is 5.69 Å². The van der Waals surface area contributed by atoms with Crippen LogP contribution >= 0.6 is 22.9 Å². The molecule has 0 aliphatic rings. The van der Waals surface area contributed by atoms with Crippen molar-refractivity contribution >= 4 is 45.8 Å². The van der Waals surface area contributed by atoms with Crippen molar-refractivity contribution in [2.75, 3.05) is 0 Å². The van der Waals surface area contributed by atoms with Crippen LogP contribution in [-0.4, -0.2) is 26.5 Å². The van der Waals surface area contributed by atoms with Crippen LogP contribution in [-0.2, 0) is 0 Å². The van der Waals surface area contributed by atoms with Gasteiger partial charge in [-0.05, 0) is 13.0 Å². The van der Waals surface area contributed by atoms with Crippen LogP contribution in [0.5, 0.6) is 0 Å². The van der Waals surface area contributed by atoms with E-state index in [2.05, 4.69) is 15.2 Å². The van der Waals surface area contributed by atoms with Crippen molar-refractivity contribution in [2.45, 2.75) is 6.92 Å². The van der Waals surface area contributed by atoms with E-state index in [-0.39, 0.29) is 16.7 Å². The number of nitro groups is 1. The van der Waals surface area contributed by atoms with E-state index in [0.717, 1.165) is 9.84 Å². The quantitative estimate of drug-likeness (QED) is 0.311. The Labute approximate surface area is 150 Å². The smallest absolute Gasteiger partial charge is 0.288 e. The summed E-state index contributed by atoms with van der Waals surface area (Å²) in [5, 5.41) is 18.6. The van der Waals surface area contributed by atoms with E-state index in [0.29, 0.717) is 17.0 Å². The SMILES string of the molecule is Cc1cn2c(C=NN=C(N)N)c(-c3ccc(Cl)c([N+](=O)[O-])c3)nc2s1. The summed E-state index contributed by atoms with van der Waals surface area (Å²) in [5.41, 5.74) is 12.0. The molecular weight excluding hydrogens is 366 g/mol. The summed E-state index contributed by atoms with van der Waals surface area (Å²) in [6.45, 7) is 1.95. The molecular formula is C14H12ClN7O2S. The largest absolute Gasteiger partial charge is 0.369 e. The molecule has 0 saturated carbocycles. The van der Waals surface area contributed by atoms with E-state index in [9.17, 15) is 10.1 Å². The Morgan fingerprint density at radius 1 is 1.48 bits per heavy atom. The molecule has 0 unspecified atom stereocenters. The molecule has 0 amide bonds. The first-order chi connectivity index (χ1) is 11.9. The number of thiazole rings is 1. The lowest BCUT2D eigenvalue weighted by Crippen LogP contribution is -2.21. The molecule has 2 heterocycles. The number of nitro benzene ring substituents is 1. The highest BCUT2D eigenvalue weighted by Gasteiger charge is 2.19. The van der Waals surface area contributed by atoms with Gasteiger partial charge in [-0.2, -0.15) is 5.10 Å². The van der Waals surface area contributed by atoms with Crippen LogP contribution < -0.4 is 11.5 Å². The van der Waals surface area contributed by atoms with E-state index in [4.69, 9.17) is 23.1 Å². The van der Waals surface area contributed by atoms with Gasteiger partial charge < -0.3 is 11.5 Å². The van der Waals surface area contributed by atoms with Crippen LogP contribution in [0.3, 0.4) is 0 Å². The Bertz CT molecular complexity index is 1030. The Kier molecular flexibility index (Phi) is 4.38. The first kappa shape index (κ1) is 16.9. The number of hydrogen-bond donors (Lipinski definition) is 2. The van der Waals surface area contributed by atoms with Gasteiger partial charge >= 0.3 is 0 Å². The number of aromatic nitrogens is 2. The van der Waals surface area contributed by atoms with Gasteiger partial charge in [0, 0.05) is 22.7 Å². The summed E-state index contributed by atoms with van der Waals surface area (Å²) >= 11 is 7.36. The average molecular weight is 378 g/mol. The van der Waals surface area contributed by atoms with Gasteiger partial charge in [-0.1, -0.05) is 17.7 Å². The number of fused-ring (bicyclic) bond motifs is 1. The third-order valence-electron chi connectivity index (χ3n) is 3.25. The lowest BCUT2D eigenvalue weighted by Gasteiger charge is -2.01. The summed E-state index contributed by atoms with van der Waals surface area (Å²) in [6.07, 6.45) is 3.33. The molecule has 0 aliphatic carbocycles. The van der Waals surface area contributed by atoms with E-state index in [1.165, 1.54) is 29.7 Å². The maximum absolute atomic E-state index is 11.1. The molecule has 0 saturated heterocycles. The average Bonchev–Trinajstić information content (AvgIpc) is 3.04. The van der Waals surface area contributed by atoms with Crippen molar-refractivity contribution in [3.63, 3.8) is 0 Å². The zero-order valence-corrected chi connectivity index (χ0v) is 14.5. The number of benzene rings is 1. The number of nitrogens with zero attached hydrogens (tertiary/aromatic N) is 5. The fourth-order valence-corrected chi connectivity index (χ4v) is 3.28. The Balaban J connectivity index is 2.20. The number of imidazole rings is 1. The first-order valence-electron chi connectivity index (χ1n) is 6.91. The third kappa shape index (κ3) is 3.30. The van der Waals surface area contributed by atoms with Crippen LogP contribution in [0.1, 0.15) is 10.6 Å². The Morgan fingerprint density at radius 3 is 2.92 bits per heavy atom. The molecule has 0 spiro atoms. The monoisotopic (exact) mass is 377 g/mol. The molecule has 4 N–H and O–H groups in total. The van der Waals surface area contributed by atoms with Crippen molar-refractivity contribution in [3.8, 4) is 11.3 Å². The van der Waals surface area contributed by atoms with Crippen LogP contribution in [0.25, 0.3) is 16.2 Å². The Morgan fingerprint density at radius 2 is 2.24 bits per heavy atom. The predicted octanol–water partition coefficient (Wildman–Crippen LogP) is 2.54. The number of hydrogen-bond acceptors (Lipinski definition) is 6. The van der Waals surface area contributed by atoms with Crippen molar-refractivity contribution in [1.29, 1.82) is 0 Å². The van der Waals surface area contributed by atoms with Crippen LogP contribution in [0, 0.1) is 17.0 Å². The topological polar surface area (TPSA) is 137 Å². The number of nitrogens with two attached hydrogens (primary N) is 2. The van der Waals surface area contributed by atoms with Gasteiger partial charge in [0.25, 0.3) is 5.69 Å². The molecule has 0 fully saturated rings. The second kappa shape index (κ2) is 6.49. The van der Waals surface area contributed by atoms with Crippen LogP contribution in [0.15, 0.2) is 34.6 Å². The van der Waals surface area contributed by atoms with Gasteiger partial charge in [0.1, 0.15) is 5.02 Å². The lowest BCUT2D eigenvalue weighted by molar-refractivity contribution is -0.384. The van der Waals surface area contributed by atoms with E-state index in [1.54, 1.807) is 6.07 Å². The highest BCUT2D eigenvalue weighted by molar-refractivity contribution is 7.17. The van der Waals surface area contributed by atoms with Crippen molar-refractivity contribution in [2.24, 2.45) is 21.7 Å². The molecule has 0 atom stereocenters. The molecule has 25 heavy (non-hydrogen) atoms. The van der Waals surface area contributed by atoms with Crippen molar-refractivity contribution in [1.82, 2.24) is 9.38 Å². The molecule has 11 heteroatoms. The minimum Gasteiger partial charge on any atom is -0.369 e. The summed E-state index contributed by atoms with van der Waals surface area (Å²) in [5.74, 6) is -0.179. The van der Waals surface area contributed by atoms with Gasteiger partial charge in [-0.25, -0.2) is 4.98 Å². The van der Waals surface area contributed by atoms with Gasteiger partial charge in [-0.15, -0.1) is 16.4 Å². The molecule has 0 aliphatic heterocycles. The molecule has 0 bridgehead atoms. The highest BCUT2D eigenvalue weighted by Crippen LogP contribution is 2.33. The summed E-state index contributed by atoms with van der Waals surface area (Å²) in [6, 6.07) is 4.50. The highest BCUT2D eigenvalue weighted by atomic mass is 35.5. The summed E-state index contributed by atoms with van der Waals surface area (Å²) < 4.78 is 1.82. The standard InChI is InChI=1S/C14H12ClN7O2S/c1-7-6-21-11(5-18-20-13(16)17)12(19-14(21)25-7)8-2-3-9(15)10(4-8)22(23)24/h2-6H,1H3,(H4,16,17,20). The second-order valence-corrected chi connectivity index (χ2v) is 6.65. The molecule has 9 nitrogen and oxygen atoms in total. The summed E-state index contributed by atoms with van der Waals surface area (Å²) in [7, 11) is 0. The first-order valence-corrected chi connectivity index (χ1v) is 8.11. The molecule has 3 rings (SSSR count). The van der Waals surface area contributed by atoms with Gasteiger partial charge in [-0.3, -0.25) is 14.5 Å². The third-order valence-corrected chi connectivity index (χ3v) is 4.47. The van der Waals surface area contributed by atoms with Gasteiger partial charge in [0.15, 0.2) is 4.96 Å². The second-order valence-electron chi connectivity index (χ2n) is 5.03. The minimum absolute atomic E-state index is 0.0568. The molecule has 128 valence electrons. The number of guanidine groups is 1. The maximum atomic E-state index is 11.1. The zero-order valence-electron chi connectivity index (χ0n) is 12.9. The number of rotatable bonds is 4. The molecule has 1 aromatic carbocycles. The minimum atomic E-state index is -0.540. The van der Waals surface area contributed by atoms with E-state index in [1.807, 2.05) is 17.5 Å². The number of halogens is 1. The Hall–Kier alpha value is -2.98. The summed E-state index contributed by atoms with van der Waals surface area (Å²) in [4.78, 5) is 16.9. The fourth-order valence-electron chi connectivity index (χ4n) is 2.26. The predicted molar refractivity (Wildman–Crippen MR) is 98.3 cm³/mol. The van der Waals surface area contributed by atoms with Gasteiger partial charge in [0.2, 0.25) is 5.96 Å². The van der Waals surface area contributed by atoms with Crippen LogP contribution in [0.2, 0.25) is 5.02 Å². The zero-order chi connectivity index (χ0) is 18.1. The number of aryl methyl sites for hydroxylation is 1.